The Morgan fingerprint density at radius 1 is 1.03 bits per heavy atom. The van der Waals surface area contributed by atoms with Crippen molar-refractivity contribution in [3.63, 3.8) is 0 Å². The second-order valence-corrected chi connectivity index (χ2v) is 15.8. The number of hydrogen-bond acceptors (Lipinski definition) is 2. The van der Waals surface area contributed by atoms with Gasteiger partial charge in [0, 0.05) is 45.3 Å². The first kappa shape index (κ1) is 38.3. The van der Waals surface area contributed by atoms with Crippen LogP contribution in [0.2, 0.25) is 31.2 Å². The van der Waals surface area contributed by atoms with Gasteiger partial charge < -0.3 is 10.0 Å². The number of halogens is 2. The molecule has 0 amide bonds. The van der Waals surface area contributed by atoms with Gasteiger partial charge in [-0.25, -0.2) is 6.08 Å². The summed E-state index contributed by atoms with van der Waals surface area (Å²) < 4.78 is 0. The van der Waals surface area contributed by atoms with Crippen LogP contribution in [0.3, 0.4) is 0 Å². The van der Waals surface area contributed by atoms with Gasteiger partial charge in [0.1, 0.15) is 5.75 Å². The van der Waals surface area contributed by atoms with E-state index in [0.29, 0.717) is 16.7 Å². The fraction of sp³-hybridized carbons (Fsp3) is 0.583. The minimum atomic E-state index is -1.50. The zero-order valence-corrected chi connectivity index (χ0v) is 26.8. The van der Waals surface area contributed by atoms with E-state index in [2.05, 4.69) is 83.9 Å². The van der Waals surface area contributed by atoms with Crippen molar-refractivity contribution in [2.75, 3.05) is 14.1 Å². The maximum Gasteiger partial charge on any atom is 0.115 e. The monoisotopic (exact) mass is 536 g/mol. The Kier molecular flexibility index (Phi) is 20.5. The Labute approximate surface area is 223 Å². The van der Waals surface area contributed by atoms with E-state index in [-0.39, 0.29) is 46.5 Å². The summed E-state index contributed by atoms with van der Waals surface area (Å²) in [5.41, 5.74) is 3.77. The molecular weight excluding hydrogens is 493 g/mol. The molecule has 0 fully saturated rings. The number of phenols is 1. The van der Waals surface area contributed by atoms with E-state index in [1.54, 1.807) is 0 Å². The maximum absolute atomic E-state index is 9.65. The molecule has 1 N–H and O–H groups in total. The number of hydrogen-bond donors (Lipinski definition) is 1. The van der Waals surface area contributed by atoms with Crippen molar-refractivity contribution < 1.29 is 26.8 Å². The minimum Gasteiger partial charge on any atom is -0.508 e. The van der Waals surface area contributed by atoms with Gasteiger partial charge in [0.25, 0.3) is 0 Å². The largest absolute Gasteiger partial charge is 0.508 e. The SMILES string of the molecule is CC1=CC(N(C)C)=[C-]C1C.C[Si]C.Cc1cc(O)cc([Si](C)(C)C(C)(C)C)c1.Cl.Cl.[Ti]. The third kappa shape index (κ3) is 12.7. The summed E-state index contributed by atoms with van der Waals surface area (Å²) in [5, 5.41) is 11.3. The Hall–Kier alpha value is 0.0281. The van der Waals surface area contributed by atoms with Crippen LogP contribution in [0.5, 0.6) is 5.75 Å². The average Bonchev–Trinajstić information content (AvgIpc) is 2.86. The topological polar surface area (TPSA) is 23.5 Å². The number of allylic oxidation sites excluding steroid dienone is 3. The molecule has 31 heavy (non-hydrogen) atoms. The van der Waals surface area contributed by atoms with Crippen molar-refractivity contribution >= 4 is 47.6 Å². The summed E-state index contributed by atoms with van der Waals surface area (Å²) >= 11 is 0. The maximum atomic E-state index is 9.65. The van der Waals surface area contributed by atoms with Gasteiger partial charge in [0.15, 0.2) is 0 Å². The normalized spacial score (nSPS) is 14.6. The second kappa shape index (κ2) is 16.6. The van der Waals surface area contributed by atoms with Gasteiger partial charge in [-0.15, -0.1) is 30.5 Å². The van der Waals surface area contributed by atoms with Gasteiger partial charge in [-0.3, -0.25) is 0 Å². The molecule has 1 atom stereocenters. The predicted octanol–water partition coefficient (Wildman–Crippen LogP) is 6.88. The van der Waals surface area contributed by atoms with Crippen molar-refractivity contribution in [1.29, 1.82) is 0 Å². The summed E-state index contributed by atoms with van der Waals surface area (Å²) in [6.45, 7) is 22.3. The van der Waals surface area contributed by atoms with E-state index in [1.807, 2.05) is 33.2 Å². The Bertz CT molecular complexity index is 679. The van der Waals surface area contributed by atoms with E-state index in [0.717, 1.165) is 15.1 Å². The number of aryl methyl sites for hydroxylation is 1. The first-order valence-corrected chi connectivity index (χ1v) is 15.1. The van der Waals surface area contributed by atoms with Crippen molar-refractivity contribution in [1.82, 2.24) is 4.90 Å². The second-order valence-electron chi connectivity index (χ2n) is 9.47. The van der Waals surface area contributed by atoms with Gasteiger partial charge in [0.2, 0.25) is 0 Å². The molecular formula is C24H44Cl2NOSi2Ti-. The summed E-state index contributed by atoms with van der Waals surface area (Å²) in [6, 6.07) is 5.97. The van der Waals surface area contributed by atoms with E-state index < -0.39 is 8.07 Å². The molecule has 1 aromatic rings. The number of likely N-dealkylation sites (N-methyl/N-ethyl adjacent to an activating group) is 1. The summed E-state index contributed by atoms with van der Waals surface area (Å²) in [7, 11) is 3.67. The standard InChI is InChI=1S/C13H22OSi.C9H14N.C2H6Si.2ClH.Ti/c1-10-7-11(14)9-12(8-10)15(5,6)13(2,3)4;1-7-5-9(10(3)4)6-8(7)2;1-3-2;;;/h7-9,14H,1-6H3;5,8H,1-4H3;1-2H3;2*1H;/q;-1;;;;. The number of rotatable bonds is 2. The molecule has 2 rings (SSSR count). The van der Waals surface area contributed by atoms with E-state index >= 15 is 0 Å². The zero-order valence-electron chi connectivity index (χ0n) is 21.6. The number of nitrogens with zero attached hydrogens (tertiary/aromatic N) is 1. The fourth-order valence-corrected chi connectivity index (χ4v) is 4.50. The molecule has 0 saturated carbocycles. The Morgan fingerprint density at radius 3 is 1.74 bits per heavy atom. The zero-order chi connectivity index (χ0) is 22.3. The number of phenolic OH excluding ortho intramolecular Hbond substituents is 1. The molecule has 0 bridgehead atoms. The average molecular weight is 538 g/mol. The number of benzene rings is 1. The summed E-state index contributed by atoms with van der Waals surface area (Å²) in [5.74, 6) is 0.909. The molecule has 0 heterocycles. The Morgan fingerprint density at radius 2 is 1.48 bits per heavy atom. The van der Waals surface area contributed by atoms with E-state index in [9.17, 15) is 5.11 Å². The molecule has 2 nitrogen and oxygen atoms in total. The first-order valence-electron chi connectivity index (χ1n) is 10.1. The van der Waals surface area contributed by atoms with Crippen LogP contribution in [0.1, 0.15) is 40.2 Å². The molecule has 1 aromatic carbocycles. The van der Waals surface area contributed by atoms with Crippen molar-refractivity contribution in [3.05, 3.63) is 47.2 Å². The van der Waals surface area contributed by atoms with Crippen molar-refractivity contribution in [2.24, 2.45) is 5.92 Å². The number of aromatic hydroxyl groups is 1. The van der Waals surface area contributed by atoms with Gasteiger partial charge in [-0.2, -0.15) is 11.6 Å². The van der Waals surface area contributed by atoms with Crippen LogP contribution in [0, 0.1) is 18.9 Å². The molecule has 1 aliphatic carbocycles. The van der Waals surface area contributed by atoms with Crippen molar-refractivity contribution in [3.8, 4) is 5.75 Å². The molecule has 0 saturated heterocycles. The smallest absolute Gasteiger partial charge is 0.115 e. The van der Waals surface area contributed by atoms with Crippen LogP contribution < -0.4 is 5.19 Å². The third-order valence-electron chi connectivity index (χ3n) is 5.55. The van der Waals surface area contributed by atoms with Gasteiger partial charge in [-0.1, -0.05) is 78.0 Å². The van der Waals surface area contributed by atoms with Gasteiger partial charge in [0.05, 0.1) is 8.07 Å². The molecule has 0 aliphatic heterocycles. The van der Waals surface area contributed by atoms with E-state index in [4.69, 9.17) is 0 Å². The molecule has 178 valence electrons. The van der Waals surface area contributed by atoms with Crippen molar-refractivity contribution in [2.45, 2.75) is 72.8 Å². The van der Waals surface area contributed by atoms with E-state index in [1.165, 1.54) is 16.5 Å². The molecule has 7 heteroatoms. The third-order valence-corrected chi connectivity index (χ3v) is 11.0. The Balaban J connectivity index is -0.000000200. The van der Waals surface area contributed by atoms with Crippen LogP contribution in [0.25, 0.3) is 0 Å². The fourth-order valence-electron chi connectivity index (χ4n) is 2.53. The molecule has 2 radical (unpaired) electrons. The first-order chi connectivity index (χ1) is 12.7. The van der Waals surface area contributed by atoms with Crippen LogP contribution in [0.15, 0.2) is 35.5 Å². The minimum absolute atomic E-state index is 0. The summed E-state index contributed by atoms with van der Waals surface area (Å²) in [6.07, 6.45) is 5.54. The van der Waals surface area contributed by atoms with Crippen LogP contribution in [0.4, 0.5) is 0 Å². The van der Waals surface area contributed by atoms with Crippen LogP contribution >= 0.6 is 24.8 Å². The van der Waals surface area contributed by atoms with Gasteiger partial charge in [-0.05, 0) is 29.7 Å². The molecule has 1 aliphatic rings. The van der Waals surface area contributed by atoms with Gasteiger partial charge >= 0.3 is 0 Å². The quantitative estimate of drug-likeness (QED) is 0.329. The van der Waals surface area contributed by atoms with Crippen LogP contribution in [-0.4, -0.2) is 41.7 Å². The molecule has 1 unspecified atom stereocenters. The summed E-state index contributed by atoms with van der Waals surface area (Å²) in [4.78, 5) is 2.09. The molecule has 0 spiro atoms. The molecule has 0 aromatic heterocycles. The predicted molar refractivity (Wildman–Crippen MR) is 145 cm³/mol. The van der Waals surface area contributed by atoms with Crippen LogP contribution in [-0.2, 0) is 21.7 Å².